The van der Waals surface area contributed by atoms with Gasteiger partial charge in [0.1, 0.15) is 5.82 Å². The lowest BCUT2D eigenvalue weighted by atomic mass is 10.0. The van der Waals surface area contributed by atoms with Gasteiger partial charge in [0.2, 0.25) is 0 Å². The molecule has 0 spiro atoms. The second kappa shape index (κ2) is 9.39. The highest BCUT2D eigenvalue weighted by atomic mass is 15.5. The van der Waals surface area contributed by atoms with Crippen molar-refractivity contribution in [1.29, 1.82) is 0 Å². The summed E-state index contributed by atoms with van der Waals surface area (Å²) in [6.45, 7) is 5.03. The Morgan fingerprint density at radius 2 is 1.83 bits per heavy atom. The zero-order valence-electron chi connectivity index (χ0n) is 17.4. The topological polar surface area (TPSA) is 98.1 Å². The summed E-state index contributed by atoms with van der Waals surface area (Å²) < 4.78 is 2.03. The molecule has 0 radical (unpaired) electrons. The van der Waals surface area contributed by atoms with Crippen LogP contribution in [-0.4, -0.2) is 40.4 Å². The highest BCUT2D eigenvalue weighted by Crippen LogP contribution is 2.28. The van der Waals surface area contributed by atoms with Crippen molar-refractivity contribution in [2.24, 2.45) is 0 Å². The molecular weight excluding hydrogens is 376 g/mol. The summed E-state index contributed by atoms with van der Waals surface area (Å²) in [5.74, 6) is 2.62. The van der Waals surface area contributed by atoms with Crippen LogP contribution in [0.15, 0.2) is 42.6 Å². The summed E-state index contributed by atoms with van der Waals surface area (Å²) >= 11 is 0. The van der Waals surface area contributed by atoms with Crippen molar-refractivity contribution in [2.45, 2.75) is 52.5 Å². The highest BCUT2D eigenvalue weighted by Gasteiger charge is 2.12. The van der Waals surface area contributed by atoms with Crippen LogP contribution in [0.2, 0.25) is 0 Å². The highest BCUT2D eigenvalue weighted by molar-refractivity contribution is 5.78. The van der Waals surface area contributed by atoms with E-state index in [1.54, 1.807) is 0 Å². The van der Waals surface area contributed by atoms with E-state index in [0.29, 0.717) is 12.4 Å². The van der Waals surface area contributed by atoms with E-state index in [4.69, 9.17) is 15.1 Å². The average molecular weight is 403 g/mol. The maximum Gasteiger partial charge on any atom is 0.180 e. The van der Waals surface area contributed by atoms with Crippen LogP contribution in [-0.2, 0) is 19.4 Å². The largest absolute Gasteiger partial charge is 0.256 e. The number of nitrogens with one attached hydrogen (secondary N) is 1. The van der Waals surface area contributed by atoms with Crippen molar-refractivity contribution in [3.63, 3.8) is 0 Å². The van der Waals surface area contributed by atoms with E-state index in [-0.39, 0.29) is 0 Å². The van der Waals surface area contributed by atoms with Crippen LogP contribution in [0.3, 0.4) is 0 Å². The number of hydrogen-bond acceptors (Lipinski definition) is 6. The Balaban J connectivity index is 1.56. The van der Waals surface area contributed by atoms with Gasteiger partial charge >= 0.3 is 0 Å². The molecule has 0 atom stereocenters. The third-order valence-electron chi connectivity index (χ3n) is 4.98. The van der Waals surface area contributed by atoms with E-state index in [1.807, 2.05) is 41.2 Å². The van der Waals surface area contributed by atoms with Crippen LogP contribution in [0.25, 0.3) is 22.6 Å². The van der Waals surface area contributed by atoms with Crippen molar-refractivity contribution in [3.05, 3.63) is 59.8 Å². The summed E-state index contributed by atoms with van der Waals surface area (Å²) in [5.41, 5.74) is 3.88. The standard InChI is InChI=1S/C22H26N8/c1-3-5-11-20-24-21(8-4-2)30(27-20)15-16-12-13-19(23-14-16)17-9-6-7-10-18(17)22-25-28-29-26-22/h6-7,9-10,12-14H,3-5,8,11,15H2,1-2H3,(H,25,26,28,29). The van der Waals surface area contributed by atoms with E-state index in [2.05, 4.69) is 40.5 Å². The van der Waals surface area contributed by atoms with Crippen molar-refractivity contribution < 1.29 is 0 Å². The van der Waals surface area contributed by atoms with Crippen molar-refractivity contribution in [2.75, 3.05) is 0 Å². The Hall–Kier alpha value is -3.42. The molecule has 0 amide bonds. The molecule has 8 nitrogen and oxygen atoms in total. The number of tetrazole rings is 1. The summed E-state index contributed by atoms with van der Waals surface area (Å²) in [6, 6.07) is 12.1. The zero-order chi connectivity index (χ0) is 20.8. The molecule has 3 aromatic heterocycles. The van der Waals surface area contributed by atoms with Gasteiger partial charge in [0.15, 0.2) is 11.6 Å². The van der Waals surface area contributed by atoms with Gasteiger partial charge in [0, 0.05) is 30.2 Å². The molecular formula is C22H26N8. The van der Waals surface area contributed by atoms with Gasteiger partial charge in [-0.2, -0.15) is 5.10 Å². The zero-order valence-corrected chi connectivity index (χ0v) is 17.4. The lowest BCUT2D eigenvalue weighted by Gasteiger charge is -2.08. The minimum atomic E-state index is 0.628. The molecule has 8 heteroatoms. The first-order valence-electron chi connectivity index (χ1n) is 10.5. The third-order valence-corrected chi connectivity index (χ3v) is 4.98. The maximum absolute atomic E-state index is 4.75. The van der Waals surface area contributed by atoms with Gasteiger partial charge in [-0.25, -0.2) is 14.8 Å². The molecule has 1 N–H and O–H groups in total. The summed E-state index contributed by atoms with van der Waals surface area (Å²) in [7, 11) is 0. The number of unbranched alkanes of at least 4 members (excludes halogenated alkanes) is 1. The van der Waals surface area contributed by atoms with Crippen molar-refractivity contribution in [3.8, 4) is 22.6 Å². The molecule has 4 rings (SSSR count). The van der Waals surface area contributed by atoms with E-state index < -0.39 is 0 Å². The average Bonchev–Trinajstić information content (AvgIpc) is 3.44. The maximum atomic E-state index is 4.75. The predicted molar refractivity (Wildman–Crippen MR) is 115 cm³/mol. The summed E-state index contributed by atoms with van der Waals surface area (Å²) in [4.78, 5) is 9.45. The van der Waals surface area contributed by atoms with Gasteiger partial charge in [-0.05, 0) is 34.9 Å². The quantitative estimate of drug-likeness (QED) is 0.456. The number of H-pyrrole nitrogens is 1. The summed E-state index contributed by atoms with van der Waals surface area (Å²) in [6.07, 6.45) is 7.10. The first-order chi connectivity index (χ1) is 14.8. The van der Waals surface area contributed by atoms with Crippen molar-refractivity contribution >= 4 is 0 Å². The monoisotopic (exact) mass is 402 g/mol. The molecule has 0 unspecified atom stereocenters. The van der Waals surface area contributed by atoms with Gasteiger partial charge in [-0.3, -0.25) is 4.98 Å². The molecule has 0 bridgehead atoms. The molecule has 0 aliphatic rings. The molecule has 0 saturated heterocycles. The lowest BCUT2D eigenvalue weighted by molar-refractivity contribution is 0.620. The van der Waals surface area contributed by atoms with Crippen LogP contribution in [0.1, 0.15) is 50.3 Å². The second-order valence-corrected chi connectivity index (χ2v) is 7.30. The Morgan fingerprint density at radius 3 is 2.53 bits per heavy atom. The van der Waals surface area contributed by atoms with Crippen LogP contribution in [0.5, 0.6) is 0 Å². The minimum Gasteiger partial charge on any atom is -0.256 e. The van der Waals surface area contributed by atoms with Gasteiger partial charge in [0.25, 0.3) is 0 Å². The van der Waals surface area contributed by atoms with Crippen LogP contribution < -0.4 is 0 Å². The second-order valence-electron chi connectivity index (χ2n) is 7.30. The first kappa shape index (κ1) is 19.9. The van der Waals surface area contributed by atoms with Crippen LogP contribution in [0, 0.1) is 0 Å². The van der Waals surface area contributed by atoms with Crippen LogP contribution in [0.4, 0.5) is 0 Å². The molecule has 0 aliphatic heterocycles. The van der Waals surface area contributed by atoms with Gasteiger partial charge in [0.05, 0.1) is 12.2 Å². The molecule has 1 aromatic carbocycles. The molecule has 0 fully saturated rings. The van der Waals surface area contributed by atoms with Gasteiger partial charge < -0.3 is 0 Å². The van der Waals surface area contributed by atoms with Gasteiger partial charge in [-0.15, -0.1) is 5.10 Å². The molecule has 0 aliphatic carbocycles. The summed E-state index contributed by atoms with van der Waals surface area (Å²) in [5, 5.41) is 19.0. The Bertz CT molecular complexity index is 1070. The number of hydrogen-bond donors (Lipinski definition) is 1. The van der Waals surface area contributed by atoms with Crippen LogP contribution >= 0.6 is 0 Å². The fourth-order valence-corrected chi connectivity index (χ4v) is 3.44. The smallest absolute Gasteiger partial charge is 0.180 e. The number of aromatic nitrogens is 8. The Morgan fingerprint density at radius 1 is 0.967 bits per heavy atom. The molecule has 4 aromatic rings. The predicted octanol–water partition coefficient (Wildman–Crippen LogP) is 3.86. The lowest BCUT2D eigenvalue weighted by Crippen LogP contribution is -2.07. The fourth-order valence-electron chi connectivity index (χ4n) is 3.44. The third kappa shape index (κ3) is 4.42. The molecule has 0 saturated carbocycles. The number of aromatic amines is 1. The molecule has 30 heavy (non-hydrogen) atoms. The van der Waals surface area contributed by atoms with E-state index in [9.17, 15) is 0 Å². The van der Waals surface area contributed by atoms with Gasteiger partial charge in [-0.1, -0.05) is 50.6 Å². The minimum absolute atomic E-state index is 0.628. The normalized spacial score (nSPS) is 11.1. The first-order valence-corrected chi connectivity index (χ1v) is 10.5. The number of nitrogens with zero attached hydrogens (tertiary/aromatic N) is 7. The Kier molecular flexibility index (Phi) is 6.22. The molecule has 3 heterocycles. The van der Waals surface area contributed by atoms with E-state index >= 15 is 0 Å². The Labute approximate surface area is 175 Å². The SMILES string of the molecule is CCCCc1nc(CCC)n(Cc2ccc(-c3ccccc3-c3nnn[nH]3)nc2)n1. The fraction of sp³-hybridized carbons (Fsp3) is 0.364. The van der Waals surface area contributed by atoms with E-state index in [1.165, 1.54) is 0 Å². The molecule has 154 valence electrons. The van der Waals surface area contributed by atoms with Crippen molar-refractivity contribution in [1.82, 2.24) is 40.4 Å². The number of aryl methyl sites for hydroxylation is 2. The van der Waals surface area contributed by atoms with E-state index in [0.717, 1.165) is 66.1 Å². The number of pyridine rings is 1. The number of benzene rings is 1. The number of rotatable bonds is 9.